The van der Waals surface area contributed by atoms with Crippen LogP contribution in [0.2, 0.25) is 0 Å². The van der Waals surface area contributed by atoms with Gasteiger partial charge in [0.15, 0.2) is 3.92 Å². The van der Waals surface area contributed by atoms with Crippen molar-refractivity contribution in [3.8, 4) is 0 Å². The number of aromatic nitrogens is 2. The van der Waals surface area contributed by atoms with Gasteiger partial charge in [-0.2, -0.15) is 0 Å². The van der Waals surface area contributed by atoms with Crippen molar-refractivity contribution < 1.29 is 14.3 Å². The highest BCUT2D eigenvalue weighted by Gasteiger charge is 2.58. The molecular formula is C12H17BrN4O3S. The zero-order valence-corrected chi connectivity index (χ0v) is 14.3. The lowest BCUT2D eigenvalue weighted by Gasteiger charge is -2.29. The Morgan fingerprint density at radius 3 is 2.67 bits per heavy atom. The molecule has 1 fully saturated rings. The molecule has 0 unspecified atom stereocenters. The fourth-order valence-corrected chi connectivity index (χ4v) is 3.26. The zero-order chi connectivity index (χ0) is 15.5. The molecule has 21 heavy (non-hydrogen) atoms. The van der Waals surface area contributed by atoms with Crippen LogP contribution in [0.25, 0.3) is 0 Å². The lowest BCUT2D eigenvalue weighted by Crippen LogP contribution is -2.51. The number of amides is 2. The van der Waals surface area contributed by atoms with E-state index in [-0.39, 0.29) is 18.5 Å². The minimum Gasteiger partial charge on any atom is -0.467 e. The molecule has 1 N–H and O–H groups in total. The highest BCUT2D eigenvalue weighted by Crippen LogP contribution is 2.44. The van der Waals surface area contributed by atoms with Crippen molar-refractivity contribution in [2.75, 3.05) is 13.7 Å². The quantitative estimate of drug-likeness (QED) is 0.766. The van der Waals surface area contributed by atoms with Crippen molar-refractivity contribution in [3.63, 3.8) is 0 Å². The van der Waals surface area contributed by atoms with Crippen molar-refractivity contribution in [1.82, 2.24) is 20.4 Å². The van der Waals surface area contributed by atoms with Gasteiger partial charge in [0.05, 0.1) is 13.7 Å². The number of ether oxygens (including phenoxy) is 1. The Kier molecular flexibility index (Phi) is 5.15. The van der Waals surface area contributed by atoms with Crippen molar-refractivity contribution in [2.24, 2.45) is 0 Å². The molecule has 1 aliphatic carbocycles. The Labute approximate surface area is 135 Å². The molecule has 2 amide bonds. The topological polar surface area (TPSA) is 84.4 Å². The fourth-order valence-electron chi connectivity index (χ4n) is 2.07. The van der Waals surface area contributed by atoms with E-state index in [1.54, 1.807) is 0 Å². The van der Waals surface area contributed by atoms with Crippen LogP contribution >= 0.6 is 27.3 Å². The summed E-state index contributed by atoms with van der Waals surface area (Å²) in [6.45, 7) is 2.78. The Morgan fingerprint density at radius 1 is 1.48 bits per heavy atom. The number of urea groups is 1. The first-order chi connectivity index (χ1) is 10.0. The minimum atomic E-state index is -0.856. The highest BCUT2D eigenvalue weighted by molar-refractivity contribution is 9.11. The summed E-state index contributed by atoms with van der Waals surface area (Å²) >= 11 is 4.59. The molecule has 0 saturated heterocycles. The summed E-state index contributed by atoms with van der Waals surface area (Å²) in [5, 5.41) is 11.3. The number of hydrogen-bond donors (Lipinski definition) is 1. The molecular weight excluding hydrogens is 360 g/mol. The Hall–Kier alpha value is -1.22. The number of halogens is 1. The molecule has 116 valence electrons. The number of esters is 1. The predicted octanol–water partition coefficient (Wildman–Crippen LogP) is 1.93. The third-order valence-corrected chi connectivity index (χ3v) is 4.65. The summed E-state index contributed by atoms with van der Waals surface area (Å²) in [7, 11) is 1.34. The van der Waals surface area contributed by atoms with Gasteiger partial charge in [-0.05, 0) is 35.2 Å². The normalized spacial score (nSPS) is 15.4. The van der Waals surface area contributed by atoms with Crippen LogP contribution in [-0.4, -0.2) is 46.3 Å². The van der Waals surface area contributed by atoms with Crippen molar-refractivity contribution in [3.05, 3.63) is 8.92 Å². The number of carbonyl (C=O) groups is 2. The van der Waals surface area contributed by atoms with Crippen molar-refractivity contribution >= 4 is 39.3 Å². The molecule has 1 aromatic heterocycles. The summed E-state index contributed by atoms with van der Waals surface area (Å²) in [5.74, 6) is -0.377. The van der Waals surface area contributed by atoms with E-state index in [2.05, 4.69) is 31.4 Å². The van der Waals surface area contributed by atoms with Crippen LogP contribution in [0.4, 0.5) is 4.79 Å². The van der Waals surface area contributed by atoms with Crippen LogP contribution in [0.5, 0.6) is 0 Å². The zero-order valence-electron chi connectivity index (χ0n) is 11.9. The lowest BCUT2D eigenvalue weighted by atomic mass is 10.2. The summed E-state index contributed by atoms with van der Waals surface area (Å²) in [6.07, 6.45) is 2.05. The van der Waals surface area contributed by atoms with Gasteiger partial charge in [0.25, 0.3) is 0 Å². The summed E-state index contributed by atoms with van der Waals surface area (Å²) in [4.78, 5) is 25.9. The summed E-state index contributed by atoms with van der Waals surface area (Å²) in [5.41, 5.74) is -0.856. The molecule has 1 heterocycles. The van der Waals surface area contributed by atoms with Gasteiger partial charge < -0.3 is 15.0 Å². The second-order valence-electron chi connectivity index (χ2n) is 4.79. The molecule has 1 saturated carbocycles. The standard InChI is InChI=1S/C12H17BrN4O3S/c1-3-6-14-11(19)17(7-8-15-16-10(13)21-8)12(4-5-12)9(18)20-2/h3-7H2,1-2H3,(H,14,19). The van der Waals surface area contributed by atoms with Crippen LogP contribution in [-0.2, 0) is 16.1 Å². The summed E-state index contributed by atoms with van der Waals surface area (Å²) in [6, 6.07) is -0.272. The van der Waals surface area contributed by atoms with Crippen molar-refractivity contribution in [1.29, 1.82) is 0 Å². The molecule has 0 spiro atoms. The molecule has 0 radical (unpaired) electrons. The number of methoxy groups -OCH3 is 1. The first-order valence-electron chi connectivity index (χ1n) is 6.65. The average Bonchev–Trinajstić information content (AvgIpc) is 3.18. The van der Waals surface area contributed by atoms with E-state index in [9.17, 15) is 9.59 Å². The van der Waals surface area contributed by atoms with E-state index >= 15 is 0 Å². The molecule has 0 aliphatic heterocycles. The van der Waals surface area contributed by atoms with Gasteiger partial charge in [0.2, 0.25) is 0 Å². The monoisotopic (exact) mass is 376 g/mol. The molecule has 9 heteroatoms. The van der Waals surface area contributed by atoms with E-state index < -0.39 is 5.54 Å². The predicted molar refractivity (Wildman–Crippen MR) is 80.8 cm³/mol. The van der Waals surface area contributed by atoms with Crippen molar-refractivity contribution in [2.45, 2.75) is 38.3 Å². The third-order valence-electron chi connectivity index (χ3n) is 3.31. The average molecular weight is 377 g/mol. The number of carbonyl (C=O) groups excluding carboxylic acids is 2. The van der Waals surface area contributed by atoms with Crippen LogP contribution in [0.3, 0.4) is 0 Å². The second kappa shape index (κ2) is 6.69. The molecule has 0 aromatic carbocycles. The molecule has 2 rings (SSSR count). The third kappa shape index (κ3) is 3.52. The lowest BCUT2D eigenvalue weighted by molar-refractivity contribution is -0.147. The van der Waals surface area contributed by atoms with E-state index in [1.165, 1.54) is 23.3 Å². The maximum atomic E-state index is 12.4. The Bertz CT molecular complexity index is 532. The maximum Gasteiger partial charge on any atom is 0.331 e. The second-order valence-corrected chi connectivity index (χ2v) is 7.13. The van der Waals surface area contributed by atoms with Crippen LogP contribution in [0.15, 0.2) is 3.92 Å². The number of nitrogens with one attached hydrogen (secondary N) is 1. The first-order valence-corrected chi connectivity index (χ1v) is 8.26. The van der Waals surface area contributed by atoms with Gasteiger partial charge in [-0.3, -0.25) is 0 Å². The molecule has 0 bridgehead atoms. The van der Waals surface area contributed by atoms with Gasteiger partial charge in [0.1, 0.15) is 10.5 Å². The Morgan fingerprint density at radius 2 is 2.19 bits per heavy atom. The molecule has 7 nitrogen and oxygen atoms in total. The summed E-state index contributed by atoms with van der Waals surface area (Å²) < 4.78 is 5.50. The largest absolute Gasteiger partial charge is 0.467 e. The van der Waals surface area contributed by atoms with Crippen LogP contribution in [0, 0.1) is 0 Å². The SMILES string of the molecule is CCCNC(=O)N(Cc1nnc(Br)s1)C1(C(=O)OC)CC1. The van der Waals surface area contributed by atoms with Gasteiger partial charge in [-0.1, -0.05) is 18.3 Å². The smallest absolute Gasteiger partial charge is 0.331 e. The van der Waals surface area contributed by atoms with Crippen LogP contribution < -0.4 is 5.32 Å². The highest BCUT2D eigenvalue weighted by atomic mass is 79.9. The van der Waals surface area contributed by atoms with E-state index in [1.807, 2.05) is 6.92 Å². The van der Waals surface area contributed by atoms with E-state index in [4.69, 9.17) is 4.74 Å². The molecule has 1 aromatic rings. The van der Waals surface area contributed by atoms with Gasteiger partial charge in [0, 0.05) is 6.54 Å². The van der Waals surface area contributed by atoms with Crippen LogP contribution in [0.1, 0.15) is 31.2 Å². The number of rotatable bonds is 6. The maximum absolute atomic E-state index is 12.4. The fraction of sp³-hybridized carbons (Fsp3) is 0.667. The minimum absolute atomic E-state index is 0.244. The number of hydrogen-bond acceptors (Lipinski definition) is 6. The van der Waals surface area contributed by atoms with Gasteiger partial charge in [-0.15, -0.1) is 10.2 Å². The van der Waals surface area contributed by atoms with E-state index in [0.717, 1.165) is 6.42 Å². The first kappa shape index (κ1) is 16.2. The van der Waals surface area contributed by atoms with Gasteiger partial charge >= 0.3 is 12.0 Å². The van der Waals surface area contributed by atoms with Gasteiger partial charge in [-0.25, -0.2) is 9.59 Å². The number of nitrogens with zero attached hydrogens (tertiary/aromatic N) is 3. The Balaban J connectivity index is 2.18. The van der Waals surface area contributed by atoms with E-state index in [0.29, 0.717) is 28.3 Å². The molecule has 0 atom stereocenters. The molecule has 1 aliphatic rings.